The van der Waals surface area contributed by atoms with E-state index in [4.69, 9.17) is 10.5 Å². The normalized spacial score (nSPS) is 34.6. The number of rotatable bonds is 4. The number of nitrogens with two attached hydrogens (primary N) is 1. The molecule has 0 aromatic carbocycles. The van der Waals surface area contributed by atoms with Crippen molar-refractivity contribution in [3.05, 3.63) is 0 Å². The van der Waals surface area contributed by atoms with E-state index < -0.39 is 22.3 Å². The minimum absolute atomic E-state index is 0.0953. The van der Waals surface area contributed by atoms with Crippen LogP contribution >= 0.6 is 0 Å². The number of nitrogens with one attached hydrogen (secondary N) is 2. The van der Waals surface area contributed by atoms with Crippen molar-refractivity contribution in [2.75, 3.05) is 13.2 Å². The average Bonchev–Trinajstić information content (AvgIpc) is 2.70. The third-order valence-electron chi connectivity index (χ3n) is 3.23. The maximum absolute atomic E-state index is 11.6. The molecule has 4 unspecified atom stereocenters. The summed E-state index contributed by atoms with van der Waals surface area (Å²) in [5.74, 6) is 0.195. The van der Waals surface area contributed by atoms with E-state index in [2.05, 4.69) is 9.46 Å². The highest BCUT2D eigenvalue weighted by molar-refractivity contribution is 7.88. The molecule has 1 saturated heterocycles. The molecule has 104 valence electrons. The first-order valence-electron chi connectivity index (χ1n) is 5.78. The highest BCUT2D eigenvalue weighted by Crippen LogP contribution is 2.37. The number of hydrogen-bond acceptors (Lipinski definition) is 6. The van der Waals surface area contributed by atoms with Gasteiger partial charge in [-0.3, -0.25) is 0 Å². The lowest BCUT2D eigenvalue weighted by Gasteiger charge is -2.45. The molecule has 0 aromatic rings. The summed E-state index contributed by atoms with van der Waals surface area (Å²) in [6.45, 7) is 2.27. The maximum atomic E-state index is 11.6. The van der Waals surface area contributed by atoms with Gasteiger partial charge in [0.1, 0.15) is 0 Å². The molecule has 2 rings (SSSR count). The fourth-order valence-corrected chi connectivity index (χ4v) is 3.36. The van der Waals surface area contributed by atoms with E-state index in [1.165, 1.54) is 0 Å². The van der Waals surface area contributed by atoms with Crippen LogP contribution in [0.4, 0.5) is 4.79 Å². The number of fused-ring (bicyclic) bond motifs is 1. The summed E-state index contributed by atoms with van der Waals surface area (Å²) in [5.41, 5.74) is 5.85. The fraction of sp³-hybridized carbons (Fsp3) is 0.889. The quantitative estimate of drug-likeness (QED) is 0.587. The Balaban J connectivity index is 1.90. The van der Waals surface area contributed by atoms with Gasteiger partial charge >= 0.3 is 16.3 Å². The van der Waals surface area contributed by atoms with Crippen LogP contribution in [0.5, 0.6) is 0 Å². The molecule has 9 heteroatoms. The Kier molecular flexibility index (Phi) is 3.76. The first kappa shape index (κ1) is 13.5. The fourth-order valence-electron chi connectivity index (χ4n) is 2.37. The molecule has 2 aliphatic rings. The molecule has 1 saturated carbocycles. The van der Waals surface area contributed by atoms with Gasteiger partial charge in [0, 0.05) is 18.6 Å². The number of amides is 1. The lowest BCUT2D eigenvalue weighted by atomic mass is 9.73. The van der Waals surface area contributed by atoms with Gasteiger partial charge in [0.15, 0.2) is 0 Å². The molecule has 4 N–H and O–H groups in total. The van der Waals surface area contributed by atoms with Gasteiger partial charge in [-0.05, 0) is 13.3 Å². The first-order chi connectivity index (χ1) is 8.44. The largest absolute Gasteiger partial charge is 0.449 e. The second-order valence-electron chi connectivity index (χ2n) is 4.33. The van der Waals surface area contributed by atoms with Gasteiger partial charge in [0.05, 0.1) is 18.8 Å². The summed E-state index contributed by atoms with van der Waals surface area (Å²) in [5, 5.41) is 0. The molecule has 0 radical (unpaired) electrons. The average molecular weight is 279 g/mol. The third kappa shape index (κ3) is 2.58. The zero-order chi connectivity index (χ0) is 13.3. The number of carbonyl (C=O) groups is 1. The smallest absolute Gasteiger partial charge is 0.421 e. The van der Waals surface area contributed by atoms with E-state index in [1.807, 2.05) is 0 Å². The Morgan fingerprint density at radius 2 is 2.28 bits per heavy atom. The first-order valence-corrected chi connectivity index (χ1v) is 7.27. The maximum Gasteiger partial charge on any atom is 0.421 e. The standard InChI is InChI=1S/C9H17N3O5S/c1-2-16-9(13)12-18(14,15)11-7-6(10)5-3-4-17-8(5)7/h5-8,11H,2-4,10H2,1H3,(H,12,13). The number of hydrogen-bond donors (Lipinski definition) is 3. The Hall–Kier alpha value is -0.900. The van der Waals surface area contributed by atoms with Crippen LogP contribution in [-0.4, -0.2) is 45.9 Å². The van der Waals surface area contributed by atoms with Crippen molar-refractivity contribution in [1.29, 1.82) is 0 Å². The van der Waals surface area contributed by atoms with Crippen molar-refractivity contribution in [3.8, 4) is 0 Å². The van der Waals surface area contributed by atoms with Crippen molar-refractivity contribution in [2.45, 2.75) is 31.5 Å². The van der Waals surface area contributed by atoms with Crippen LogP contribution in [0, 0.1) is 5.92 Å². The van der Waals surface area contributed by atoms with Gasteiger partial charge in [-0.25, -0.2) is 9.52 Å². The minimum Gasteiger partial charge on any atom is -0.449 e. The predicted octanol–water partition coefficient (Wildman–Crippen LogP) is -1.32. The molecule has 18 heavy (non-hydrogen) atoms. The van der Waals surface area contributed by atoms with Crippen LogP contribution in [0.3, 0.4) is 0 Å². The summed E-state index contributed by atoms with van der Waals surface area (Å²) in [6.07, 6.45) is -0.365. The van der Waals surface area contributed by atoms with E-state index in [0.717, 1.165) is 6.42 Å². The summed E-state index contributed by atoms with van der Waals surface area (Å²) >= 11 is 0. The van der Waals surface area contributed by atoms with Crippen molar-refractivity contribution in [3.63, 3.8) is 0 Å². The second-order valence-corrected chi connectivity index (χ2v) is 5.78. The highest BCUT2D eigenvalue weighted by atomic mass is 32.2. The third-order valence-corrected chi connectivity index (χ3v) is 4.25. The Morgan fingerprint density at radius 3 is 2.94 bits per heavy atom. The summed E-state index contributed by atoms with van der Waals surface area (Å²) in [7, 11) is -3.97. The zero-order valence-electron chi connectivity index (χ0n) is 9.96. The van der Waals surface area contributed by atoms with Crippen LogP contribution in [-0.2, 0) is 19.7 Å². The van der Waals surface area contributed by atoms with E-state index in [-0.39, 0.29) is 24.7 Å². The lowest BCUT2D eigenvalue weighted by molar-refractivity contribution is -0.00936. The zero-order valence-corrected chi connectivity index (χ0v) is 10.8. The number of ether oxygens (including phenoxy) is 2. The molecule has 8 nitrogen and oxygen atoms in total. The van der Waals surface area contributed by atoms with E-state index in [1.54, 1.807) is 11.6 Å². The molecule has 1 heterocycles. The van der Waals surface area contributed by atoms with Gasteiger partial charge in [0.25, 0.3) is 0 Å². The predicted molar refractivity (Wildman–Crippen MR) is 61.8 cm³/mol. The van der Waals surface area contributed by atoms with Crippen molar-refractivity contribution in [2.24, 2.45) is 11.7 Å². The van der Waals surface area contributed by atoms with Gasteiger partial charge in [-0.1, -0.05) is 0 Å². The van der Waals surface area contributed by atoms with Gasteiger partial charge in [0.2, 0.25) is 0 Å². The van der Waals surface area contributed by atoms with Crippen LogP contribution in [0.15, 0.2) is 0 Å². The lowest BCUT2D eigenvalue weighted by Crippen LogP contribution is -2.69. The molecule has 2 fully saturated rings. The summed E-state index contributed by atoms with van der Waals surface area (Å²) < 4.78 is 37.2. The summed E-state index contributed by atoms with van der Waals surface area (Å²) in [6, 6.07) is -0.777. The molecule has 0 bridgehead atoms. The van der Waals surface area contributed by atoms with Gasteiger partial charge in [-0.2, -0.15) is 13.1 Å². The van der Waals surface area contributed by atoms with Crippen LogP contribution in [0.1, 0.15) is 13.3 Å². The molecule has 0 aromatic heterocycles. The molecule has 1 aliphatic carbocycles. The van der Waals surface area contributed by atoms with E-state index in [9.17, 15) is 13.2 Å². The Morgan fingerprint density at radius 1 is 1.56 bits per heavy atom. The molecular formula is C9H17N3O5S. The van der Waals surface area contributed by atoms with Crippen molar-refractivity contribution >= 4 is 16.3 Å². The Labute approximate surface area is 105 Å². The topological polar surface area (TPSA) is 120 Å². The van der Waals surface area contributed by atoms with Crippen molar-refractivity contribution in [1.82, 2.24) is 9.44 Å². The summed E-state index contributed by atoms with van der Waals surface area (Å²) in [4.78, 5) is 11.0. The van der Waals surface area contributed by atoms with Gasteiger partial charge in [-0.15, -0.1) is 0 Å². The SMILES string of the molecule is CCOC(=O)NS(=O)(=O)NC1C(N)C2CCOC21. The van der Waals surface area contributed by atoms with Crippen molar-refractivity contribution < 1.29 is 22.7 Å². The molecule has 1 aliphatic heterocycles. The minimum atomic E-state index is -3.97. The van der Waals surface area contributed by atoms with Gasteiger partial charge < -0.3 is 15.2 Å². The van der Waals surface area contributed by atoms with E-state index >= 15 is 0 Å². The monoisotopic (exact) mass is 279 g/mol. The molecule has 0 spiro atoms. The van der Waals surface area contributed by atoms with E-state index in [0.29, 0.717) is 6.61 Å². The molecule has 4 atom stereocenters. The van der Waals surface area contributed by atoms with Crippen LogP contribution in [0.25, 0.3) is 0 Å². The molecular weight excluding hydrogens is 262 g/mol. The second kappa shape index (κ2) is 5.00. The highest BCUT2D eigenvalue weighted by Gasteiger charge is 2.53. The van der Waals surface area contributed by atoms with Crippen LogP contribution in [0.2, 0.25) is 0 Å². The van der Waals surface area contributed by atoms with Crippen LogP contribution < -0.4 is 15.2 Å². The Bertz CT molecular complexity index is 426. The molecule has 1 amide bonds. The number of carbonyl (C=O) groups excluding carboxylic acids is 1.